The van der Waals surface area contributed by atoms with Gasteiger partial charge >= 0.3 is 0 Å². The highest BCUT2D eigenvalue weighted by atomic mass is 16.3. The summed E-state index contributed by atoms with van der Waals surface area (Å²) in [4.78, 5) is 9.47. The summed E-state index contributed by atoms with van der Waals surface area (Å²) in [7, 11) is 0. The van der Waals surface area contributed by atoms with Crippen LogP contribution < -0.4 is 0 Å². The molecule has 4 heteroatoms. The molecule has 0 radical (unpaired) electrons. The first kappa shape index (κ1) is 17.3. The maximum absolute atomic E-state index is 9.41. The van der Waals surface area contributed by atoms with E-state index in [0.717, 1.165) is 44.7 Å². The first-order valence-electron chi connectivity index (χ1n) is 9.06. The van der Waals surface area contributed by atoms with Crippen LogP contribution >= 0.6 is 0 Å². The summed E-state index contributed by atoms with van der Waals surface area (Å²) >= 11 is 0. The third kappa shape index (κ3) is 4.32. The number of benzene rings is 1. The molecule has 1 aromatic heterocycles. The summed E-state index contributed by atoms with van der Waals surface area (Å²) in [5, 5.41) is 10.6. The van der Waals surface area contributed by atoms with Crippen molar-refractivity contribution in [3.63, 3.8) is 0 Å². The van der Waals surface area contributed by atoms with E-state index in [0.29, 0.717) is 12.0 Å². The number of piperazine rings is 1. The minimum absolute atomic E-state index is 0.273. The maximum Gasteiger partial charge on any atom is 0.0702 e. The molecule has 1 N–H and O–H groups in total. The van der Waals surface area contributed by atoms with Gasteiger partial charge in [0, 0.05) is 57.0 Å². The molecule has 0 spiro atoms. The van der Waals surface area contributed by atoms with Gasteiger partial charge in [-0.3, -0.25) is 14.8 Å². The number of hydrogen-bond donors (Lipinski definition) is 1. The molecule has 2 aromatic rings. The zero-order valence-corrected chi connectivity index (χ0v) is 14.9. The Balaban J connectivity index is 1.66. The highest BCUT2D eigenvalue weighted by Gasteiger charge is 2.26. The van der Waals surface area contributed by atoms with E-state index in [4.69, 9.17) is 0 Å². The van der Waals surface area contributed by atoms with Gasteiger partial charge in [-0.2, -0.15) is 0 Å². The van der Waals surface area contributed by atoms with Gasteiger partial charge in [0.2, 0.25) is 0 Å². The van der Waals surface area contributed by atoms with E-state index in [1.54, 1.807) is 0 Å². The van der Waals surface area contributed by atoms with E-state index in [1.165, 1.54) is 10.9 Å². The Bertz CT molecular complexity index is 658. The Morgan fingerprint density at radius 2 is 2.12 bits per heavy atom. The third-order valence-corrected chi connectivity index (χ3v) is 4.82. The van der Waals surface area contributed by atoms with Crippen molar-refractivity contribution in [2.75, 3.05) is 32.8 Å². The average molecular weight is 327 g/mol. The van der Waals surface area contributed by atoms with Gasteiger partial charge in [0.05, 0.1) is 5.52 Å². The lowest BCUT2D eigenvalue weighted by Crippen LogP contribution is -2.53. The highest BCUT2D eigenvalue weighted by Crippen LogP contribution is 2.19. The van der Waals surface area contributed by atoms with Crippen molar-refractivity contribution in [1.29, 1.82) is 0 Å². The molecule has 1 aromatic carbocycles. The predicted octanol–water partition coefficient (Wildman–Crippen LogP) is 2.76. The number of aliphatic hydroxyl groups is 1. The van der Waals surface area contributed by atoms with Crippen LogP contribution in [0.25, 0.3) is 10.9 Å². The number of pyridine rings is 1. The summed E-state index contributed by atoms with van der Waals surface area (Å²) in [6, 6.07) is 11.1. The SMILES string of the molecule is CC(C)CN1CCN(Cc2ccc3ncccc3c2)C[C@H]1CCO. The van der Waals surface area contributed by atoms with E-state index < -0.39 is 0 Å². The van der Waals surface area contributed by atoms with Crippen molar-refractivity contribution in [2.24, 2.45) is 5.92 Å². The van der Waals surface area contributed by atoms with E-state index in [9.17, 15) is 5.11 Å². The van der Waals surface area contributed by atoms with Crippen LogP contribution in [0.15, 0.2) is 36.5 Å². The number of aromatic nitrogens is 1. The summed E-state index contributed by atoms with van der Waals surface area (Å²) < 4.78 is 0. The standard InChI is InChI=1S/C20H29N3O/c1-16(2)13-23-10-9-22(15-19(23)7-11-24)14-17-5-6-20-18(12-17)4-3-8-21-20/h3-6,8,12,16,19,24H,7,9-11,13-15H2,1-2H3/t19-/m1/s1. The van der Waals surface area contributed by atoms with Crippen molar-refractivity contribution in [2.45, 2.75) is 32.9 Å². The van der Waals surface area contributed by atoms with Gasteiger partial charge in [0.15, 0.2) is 0 Å². The minimum atomic E-state index is 0.273. The lowest BCUT2D eigenvalue weighted by Gasteiger charge is -2.42. The molecule has 0 bridgehead atoms. The second kappa shape index (κ2) is 8.06. The fraction of sp³-hybridized carbons (Fsp3) is 0.550. The van der Waals surface area contributed by atoms with Gasteiger partial charge in [-0.05, 0) is 36.1 Å². The van der Waals surface area contributed by atoms with Gasteiger partial charge in [-0.1, -0.05) is 26.0 Å². The van der Waals surface area contributed by atoms with Crippen LogP contribution in [-0.2, 0) is 6.54 Å². The molecule has 1 aliphatic heterocycles. The van der Waals surface area contributed by atoms with Crippen molar-refractivity contribution in [3.05, 3.63) is 42.1 Å². The fourth-order valence-corrected chi connectivity index (χ4v) is 3.71. The lowest BCUT2D eigenvalue weighted by molar-refractivity contribution is 0.0477. The molecule has 1 fully saturated rings. The van der Waals surface area contributed by atoms with Crippen LogP contribution in [0.1, 0.15) is 25.8 Å². The van der Waals surface area contributed by atoms with Crippen molar-refractivity contribution < 1.29 is 5.11 Å². The number of rotatable bonds is 6. The number of nitrogens with zero attached hydrogens (tertiary/aromatic N) is 3. The lowest BCUT2D eigenvalue weighted by atomic mass is 10.0. The molecule has 2 heterocycles. The Kier molecular flexibility index (Phi) is 5.82. The number of aliphatic hydroxyl groups excluding tert-OH is 1. The van der Waals surface area contributed by atoms with Gasteiger partial charge in [-0.25, -0.2) is 0 Å². The van der Waals surface area contributed by atoms with Crippen LogP contribution in [0.4, 0.5) is 0 Å². The Morgan fingerprint density at radius 3 is 2.92 bits per heavy atom. The predicted molar refractivity (Wildman–Crippen MR) is 98.9 cm³/mol. The monoisotopic (exact) mass is 327 g/mol. The first-order chi connectivity index (χ1) is 11.7. The largest absolute Gasteiger partial charge is 0.396 e. The highest BCUT2D eigenvalue weighted by molar-refractivity contribution is 5.78. The number of hydrogen-bond acceptors (Lipinski definition) is 4. The van der Waals surface area contributed by atoms with E-state index in [1.807, 2.05) is 12.3 Å². The van der Waals surface area contributed by atoms with Crippen molar-refractivity contribution in [3.8, 4) is 0 Å². The zero-order valence-electron chi connectivity index (χ0n) is 14.9. The second-order valence-electron chi connectivity index (χ2n) is 7.32. The summed E-state index contributed by atoms with van der Waals surface area (Å²) in [5.74, 6) is 0.672. The first-order valence-corrected chi connectivity index (χ1v) is 9.06. The Morgan fingerprint density at radius 1 is 1.25 bits per heavy atom. The molecule has 0 amide bonds. The maximum atomic E-state index is 9.41. The van der Waals surface area contributed by atoms with Gasteiger partial charge in [-0.15, -0.1) is 0 Å². The zero-order chi connectivity index (χ0) is 16.9. The second-order valence-corrected chi connectivity index (χ2v) is 7.32. The van der Waals surface area contributed by atoms with Gasteiger partial charge < -0.3 is 5.11 Å². The van der Waals surface area contributed by atoms with E-state index in [-0.39, 0.29) is 6.61 Å². The molecule has 0 saturated carbocycles. The summed E-state index contributed by atoms with van der Waals surface area (Å²) in [5.41, 5.74) is 2.40. The molecular weight excluding hydrogens is 298 g/mol. The molecule has 1 saturated heterocycles. The molecule has 24 heavy (non-hydrogen) atoms. The van der Waals surface area contributed by atoms with Crippen molar-refractivity contribution >= 4 is 10.9 Å². The molecule has 1 atom stereocenters. The molecule has 0 aliphatic carbocycles. The van der Waals surface area contributed by atoms with Gasteiger partial charge in [0.1, 0.15) is 0 Å². The molecule has 0 unspecified atom stereocenters. The molecule has 4 nitrogen and oxygen atoms in total. The van der Waals surface area contributed by atoms with E-state index in [2.05, 4.69) is 52.9 Å². The minimum Gasteiger partial charge on any atom is -0.396 e. The van der Waals surface area contributed by atoms with Crippen LogP contribution in [0, 0.1) is 5.92 Å². The Hall–Kier alpha value is -1.49. The quantitative estimate of drug-likeness (QED) is 0.885. The molecule has 1 aliphatic rings. The normalized spacial score (nSPS) is 20.1. The van der Waals surface area contributed by atoms with Gasteiger partial charge in [0.25, 0.3) is 0 Å². The van der Waals surface area contributed by atoms with Crippen molar-refractivity contribution in [1.82, 2.24) is 14.8 Å². The summed E-state index contributed by atoms with van der Waals surface area (Å²) in [6.45, 7) is 10.1. The Labute approximate surface area is 145 Å². The third-order valence-electron chi connectivity index (χ3n) is 4.82. The fourth-order valence-electron chi connectivity index (χ4n) is 3.71. The molecular formula is C20H29N3O. The molecule has 130 valence electrons. The topological polar surface area (TPSA) is 39.6 Å². The number of fused-ring (bicyclic) bond motifs is 1. The van der Waals surface area contributed by atoms with Crippen LogP contribution in [0.5, 0.6) is 0 Å². The smallest absolute Gasteiger partial charge is 0.0702 e. The van der Waals surface area contributed by atoms with E-state index >= 15 is 0 Å². The average Bonchev–Trinajstić information content (AvgIpc) is 2.57. The summed E-state index contributed by atoms with van der Waals surface area (Å²) in [6.07, 6.45) is 2.71. The van der Waals surface area contributed by atoms with Crippen LogP contribution in [0.3, 0.4) is 0 Å². The molecule has 3 rings (SSSR count). The van der Waals surface area contributed by atoms with Crippen LogP contribution in [0.2, 0.25) is 0 Å². The van der Waals surface area contributed by atoms with Crippen LogP contribution in [-0.4, -0.2) is 58.7 Å².